The average Bonchev–Trinajstić information content (AvgIpc) is 3.06. The highest BCUT2D eigenvalue weighted by Gasteiger charge is 2.24. The maximum absolute atomic E-state index is 10.5. The molecule has 0 aliphatic heterocycles. The molecule has 3 rings (SSSR count). The standard InChI is InChI=1S/C19H18ClN5O2/c1-11-4-5-13(6-7-19(3,26)16-8-12(2)27-25-16)9-15(11)23-17-14(20)10-22-18(21)24-17/h4-5,8-10,26H,1-3H3,(H3,21,22,23,24). The maximum atomic E-state index is 10.5. The lowest BCUT2D eigenvalue weighted by Gasteiger charge is -2.12. The highest BCUT2D eigenvalue weighted by atomic mass is 35.5. The summed E-state index contributed by atoms with van der Waals surface area (Å²) in [5, 5.41) is 17.8. The molecule has 0 saturated carbocycles. The number of hydrogen-bond acceptors (Lipinski definition) is 7. The summed E-state index contributed by atoms with van der Waals surface area (Å²) in [4.78, 5) is 7.93. The largest absolute Gasteiger partial charge is 0.372 e. The Labute approximate surface area is 161 Å². The third-order valence-corrected chi connectivity index (χ3v) is 4.11. The molecular formula is C19H18ClN5O2. The van der Waals surface area contributed by atoms with Gasteiger partial charge in [0.2, 0.25) is 5.95 Å². The SMILES string of the molecule is Cc1cc(C(C)(O)C#Cc2ccc(C)c(Nc3nc(N)ncc3Cl)c2)no1. The third kappa shape index (κ3) is 4.37. The molecule has 0 aliphatic rings. The fraction of sp³-hybridized carbons (Fsp3) is 0.211. The predicted octanol–water partition coefficient (Wildman–Crippen LogP) is 3.32. The van der Waals surface area contributed by atoms with E-state index in [1.807, 2.05) is 25.1 Å². The van der Waals surface area contributed by atoms with E-state index in [1.165, 1.54) is 6.20 Å². The summed E-state index contributed by atoms with van der Waals surface area (Å²) in [6, 6.07) is 7.24. The molecule has 0 saturated heterocycles. The van der Waals surface area contributed by atoms with Crippen molar-refractivity contribution in [3.05, 3.63) is 58.1 Å². The van der Waals surface area contributed by atoms with Crippen molar-refractivity contribution < 1.29 is 9.63 Å². The van der Waals surface area contributed by atoms with E-state index < -0.39 is 5.60 Å². The van der Waals surface area contributed by atoms with E-state index >= 15 is 0 Å². The Kier molecular flexibility index (Phi) is 5.04. The Hall–Kier alpha value is -3.08. The number of halogens is 1. The molecule has 7 nitrogen and oxygen atoms in total. The first-order chi connectivity index (χ1) is 12.7. The molecule has 1 atom stereocenters. The van der Waals surface area contributed by atoms with E-state index in [-0.39, 0.29) is 5.95 Å². The van der Waals surface area contributed by atoms with Gasteiger partial charge in [0.15, 0.2) is 11.4 Å². The molecule has 3 aromatic rings. The number of aryl methyl sites for hydroxylation is 2. The lowest BCUT2D eigenvalue weighted by atomic mass is 10.0. The second-order valence-electron chi connectivity index (χ2n) is 6.22. The molecule has 1 unspecified atom stereocenters. The molecule has 2 heterocycles. The van der Waals surface area contributed by atoms with Gasteiger partial charge in [0.25, 0.3) is 0 Å². The van der Waals surface area contributed by atoms with Crippen LogP contribution in [0.2, 0.25) is 5.02 Å². The van der Waals surface area contributed by atoms with Crippen LogP contribution in [0.4, 0.5) is 17.5 Å². The van der Waals surface area contributed by atoms with Crippen molar-refractivity contribution in [3.8, 4) is 11.8 Å². The Morgan fingerprint density at radius 3 is 2.78 bits per heavy atom. The Balaban J connectivity index is 1.89. The van der Waals surface area contributed by atoms with Crippen LogP contribution in [0.1, 0.15) is 29.5 Å². The van der Waals surface area contributed by atoms with Crippen LogP contribution in [-0.2, 0) is 5.60 Å². The summed E-state index contributed by atoms with van der Waals surface area (Å²) in [6.45, 7) is 5.25. The summed E-state index contributed by atoms with van der Waals surface area (Å²) in [5.74, 6) is 6.91. The molecule has 138 valence electrons. The van der Waals surface area contributed by atoms with Crippen LogP contribution >= 0.6 is 11.6 Å². The molecule has 0 bridgehead atoms. The Morgan fingerprint density at radius 2 is 2.07 bits per heavy atom. The normalized spacial score (nSPS) is 12.8. The van der Waals surface area contributed by atoms with Crippen molar-refractivity contribution in [2.75, 3.05) is 11.1 Å². The zero-order chi connectivity index (χ0) is 19.6. The van der Waals surface area contributed by atoms with Crippen molar-refractivity contribution >= 4 is 29.1 Å². The van der Waals surface area contributed by atoms with E-state index in [1.54, 1.807) is 19.9 Å². The number of benzene rings is 1. The van der Waals surface area contributed by atoms with Crippen molar-refractivity contribution in [1.29, 1.82) is 0 Å². The Morgan fingerprint density at radius 1 is 1.30 bits per heavy atom. The fourth-order valence-corrected chi connectivity index (χ4v) is 2.42. The van der Waals surface area contributed by atoms with Crippen LogP contribution in [0.15, 0.2) is 35.0 Å². The molecule has 0 radical (unpaired) electrons. The summed E-state index contributed by atoms with van der Waals surface area (Å²) in [6.07, 6.45) is 1.43. The molecular weight excluding hydrogens is 366 g/mol. The second kappa shape index (κ2) is 7.27. The molecule has 0 aliphatic carbocycles. The second-order valence-corrected chi connectivity index (χ2v) is 6.63. The van der Waals surface area contributed by atoms with E-state index in [0.717, 1.165) is 11.3 Å². The zero-order valence-corrected chi connectivity index (χ0v) is 15.8. The summed E-state index contributed by atoms with van der Waals surface area (Å²) < 4.78 is 5.00. The monoisotopic (exact) mass is 383 g/mol. The quantitative estimate of drug-likeness (QED) is 0.595. The highest BCUT2D eigenvalue weighted by molar-refractivity contribution is 6.32. The van der Waals surface area contributed by atoms with Gasteiger partial charge in [-0.25, -0.2) is 4.98 Å². The molecule has 8 heteroatoms. The van der Waals surface area contributed by atoms with Crippen LogP contribution in [0.3, 0.4) is 0 Å². The number of rotatable bonds is 3. The number of aliphatic hydroxyl groups is 1. The van der Waals surface area contributed by atoms with Crippen molar-refractivity contribution in [2.45, 2.75) is 26.4 Å². The number of anilines is 3. The van der Waals surface area contributed by atoms with Gasteiger partial charge in [-0.05, 0) is 38.5 Å². The van der Waals surface area contributed by atoms with E-state index in [0.29, 0.717) is 27.9 Å². The van der Waals surface area contributed by atoms with Gasteiger partial charge in [-0.15, -0.1) is 0 Å². The van der Waals surface area contributed by atoms with Crippen LogP contribution < -0.4 is 11.1 Å². The van der Waals surface area contributed by atoms with E-state index in [9.17, 15) is 5.11 Å². The molecule has 2 aromatic heterocycles. The van der Waals surface area contributed by atoms with Crippen LogP contribution in [0.5, 0.6) is 0 Å². The van der Waals surface area contributed by atoms with Crippen LogP contribution in [-0.4, -0.2) is 20.2 Å². The van der Waals surface area contributed by atoms with Gasteiger partial charge in [0, 0.05) is 17.3 Å². The van der Waals surface area contributed by atoms with Gasteiger partial charge in [-0.3, -0.25) is 0 Å². The Bertz CT molecular complexity index is 1050. The molecule has 27 heavy (non-hydrogen) atoms. The number of hydrogen-bond donors (Lipinski definition) is 3. The van der Waals surface area contributed by atoms with E-state index in [2.05, 4.69) is 32.3 Å². The molecule has 0 fully saturated rings. The third-order valence-electron chi connectivity index (χ3n) is 3.83. The van der Waals surface area contributed by atoms with Gasteiger partial charge in [0.05, 0.1) is 6.20 Å². The molecule has 1 aromatic carbocycles. The number of nitrogen functional groups attached to an aromatic ring is 1. The predicted molar refractivity (Wildman–Crippen MR) is 104 cm³/mol. The first-order valence-electron chi connectivity index (χ1n) is 8.09. The number of nitrogens with zero attached hydrogens (tertiary/aromatic N) is 3. The number of aromatic nitrogens is 3. The van der Waals surface area contributed by atoms with Gasteiger partial charge in [-0.2, -0.15) is 4.98 Å². The topological polar surface area (TPSA) is 110 Å². The van der Waals surface area contributed by atoms with Gasteiger partial charge in [-0.1, -0.05) is 34.7 Å². The minimum Gasteiger partial charge on any atom is -0.372 e. The summed E-state index contributed by atoms with van der Waals surface area (Å²) >= 11 is 6.11. The highest BCUT2D eigenvalue weighted by Crippen LogP contribution is 2.26. The number of nitrogens with one attached hydrogen (secondary N) is 1. The van der Waals surface area contributed by atoms with Gasteiger partial charge < -0.3 is 20.7 Å². The summed E-state index contributed by atoms with van der Waals surface area (Å²) in [5.41, 5.74) is 6.97. The lowest BCUT2D eigenvalue weighted by Crippen LogP contribution is -2.18. The van der Waals surface area contributed by atoms with Crippen molar-refractivity contribution in [3.63, 3.8) is 0 Å². The fourth-order valence-electron chi connectivity index (χ4n) is 2.28. The van der Waals surface area contributed by atoms with Crippen molar-refractivity contribution in [2.24, 2.45) is 0 Å². The lowest BCUT2D eigenvalue weighted by molar-refractivity contribution is 0.112. The van der Waals surface area contributed by atoms with Crippen molar-refractivity contribution in [1.82, 2.24) is 15.1 Å². The van der Waals surface area contributed by atoms with Crippen LogP contribution in [0, 0.1) is 25.7 Å². The zero-order valence-electron chi connectivity index (χ0n) is 15.0. The van der Waals surface area contributed by atoms with E-state index in [4.69, 9.17) is 21.9 Å². The van der Waals surface area contributed by atoms with Gasteiger partial charge in [0.1, 0.15) is 16.5 Å². The number of nitrogens with two attached hydrogens (primary N) is 1. The minimum atomic E-state index is -1.43. The first-order valence-corrected chi connectivity index (χ1v) is 8.47. The smallest absolute Gasteiger partial charge is 0.222 e. The molecule has 0 spiro atoms. The minimum absolute atomic E-state index is 0.120. The molecule has 0 amide bonds. The van der Waals surface area contributed by atoms with Gasteiger partial charge >= 0.3 is 0 Å². The van der Waals surface area contributed by atoms with Crippen LogP contribution in [0.25, 0.3) is 0 Å². The summed E-state index contributed by atoms with van der Waals surface area (Å²) in [7, 11) is 0. The maximum Gasteiger partial charge on any atom is 0.222 e. The molecule has 4 N–H and O–H groups in total. The average molecular weight is 384 g/mol. The first kappa shape index (κ1) is 18.7.